The van der Waals surface area contributed by atoms with E-state index in [1.54, 1.807) is 6.26 Å². The predicted molar refractivity (Wildman–Crippen MR) is 127 cm³/mol. The van der Waals surface area contributed by atoms with E-state index in [4.69, 9.17) is 14.1 Å². The van der Waals surface area contributed by atoms with E-state index in [1.807, 2.05) is 49.3 Å². The zero-order valence-electron chi connectivity index (χ0n) is 17.3. The van der Waals surface area contributed by atoms with E-state index in [2.05, 4.69) is 15.6 Å². The highest BCUT2D eigenvalue weighted by Crippen LogP contribution is 2.12. The third kappa shape index (κ3) is 8.22. The van der Waals surface area contributed by atoms with Crippen molar-refractivity contribution in [3.63, 3.8) is 0 Å². The third-order valence-corrected chi connectivity index (χ3v) is 4.66. The van der Waals surface area contributed by atoms with Gasteiger partial charge >= 0.3 is 0 Å². The highest BCUT2D eigenvalue weighted by molar-refractivity contribution is 14.0. The predicted octanol–water partition coefficient (Wildman–Crippen LogP) is 3.21. The zero-order valence-corrected chi connectivity index (χ0v) is 19.6. The van der Waals surface area contributed by atoms with E-state index in [-0.39, 0.29) is 30.1 Å². The van der Waals surface area contributed by atoms with E-state index in [1.165, 1.54) is 6.42 Å². The van der Waals surface area contributed by atoms with Crippen LogP contribution in [0.2, 0.25) is 0 Å². The number of nitrogens with one attached hydrogen (secondary N) is 2. The van der Waals surface area contributed by atoms with E-state index in [9.17, 15) is 0 Å². The molecule has 1 unspecified atom stereocenters. The average molecular weight is 513 g/mol. The first kappa shape index (κ1) is 23.5. The molecule has 3 rings (SSSR count). The monoisotopic (exact) mass is 513 g/mol. The molecule has 2 aromatic heterocycles. The molecule has 2 aromatic rings. The second-order valence-corrected chi connectivity index (χ2v) is 7.17. The molecule has 7 nitrogen and oxygen atoms in total. The van der Waals surface area contributed by atoms with E-state index < -0.39 is 0 Å². The molecule has 0 amide bonds. The molecule has 1 fully saturated rings. The Bertz CT molecular complexity index is 730. The Morgan fingerprint density at radius 1 is 1.21 bits per heavy atom. The molecule has 0 aliphatic carbocycles. The highest BCUT2D eigenvalue weighted by atomic mass is 127. The van der Waals surface area contributed by atoms with Crippen LogP contribution in [0.25, 0.3) is 0 Å². The molecule has 1 aliphatic heterocycles. The summed E-state index contributed by atoms with van der Waals surface area (Å²) in [6, 6.07) is 9.90. The second-order valence-electron chi connectivity index (χ2n) is 7.17. The van der Waals surface area contributed by atoms with Crippen molar-refractivity contribution >= 4 is 35.8 Å². The summed E-state index contributed by atoms with van der Waals surface area (Å²) in [5.74, 6) is 2.67. The SMILES string of the molecule is CN(C)c1cccc(CN=C(NCCc2ccco2)NCC2CCCCO2)n1.I. The maximum absolute atomic E-state index is 5.82. The third-order valence-electron chi connectivity index (χ3n) is 4.66. The normalized spacial score (nSPS) is 16.8. The number of halogens is 1. The van der Waals surface area contributed by atoms with Crippen molar-refractivity contribution in [2.75, 3.05) is 38.7 Å². The van der Waals surface area contributed by atoms with Gasteiger partial charge in [-0.15, -0.1) is 24.0 Å². The van der Waals surface area contributed by atoms with Gasteiger partial charge in [-0.1, -0.05) is 6.07 Å². The van der Waals surface area contributed by atoms with Gasteiger partial charge < -0.3 is 24.7 Å². The van der Waals surface area contributed by atoms with Gasteiger partial charge in [0.25, 0.3) is 0 Å². The number of aliphatic imine (C=N–C) groups is 1. The quantitative estimate of drug-likeness (QED) is 0.321. The second kappa shape index (κ2) is 12.7. The molecule has 1 saturated heterocycles. The molecule has 0 bridgehead atoms. The number of pyridine rings is 1. The van der Waals surface area contributed by atoms with E-state index in [0.717, 1.165) is 62.2 Å². The zero-order chi connectivity index (χ0) is 19.6. The first-order chi connectivity index (χ1) is 13.7. The van der Waals surface area contributed by atoms with Crippen LogP contribution >= 0.6 is 24.0 Å². The Morgan fingerprint density at radius 3 is 2.83 bits per heavy atom. The maximum Gasteiger partial charge on any atom is 0.191 e. The molecule has 0 saturated carbocycles. The lowest BCUT2D eigenvalue weighted by molar-refractivity contribution is 0.0194. The van der Waals surface area contributed by atoms with Crippen LogP contribution in [-0.2, 0) is 17.7 Å². The summed E-state index contributed by atoms with van der Waals surface area (Å²) in [5, 5.41) is 6.81. The van der Waals surface area contributed by atoms with Gasteiger partial charge in [-0.3, -0.25) is 0 Å². The molecule has 3 heterocycles. The molecule has 2 N–H and O–H groups in total. The van der Waals surface area contributed by atoms with Gasteiger partial charge in [0.05, 0.1) is 24.6 Å². The largest absolute Gasteiger partial charge is 0.469 e. The van der Waals surface area contributed by atoms with Gasteiger partial charge in [0.15, 0.2) is 5.96 Å². The number of anilines is 1. The van der Waals surface area contributed by atoms with Crippen molar-refractivity contribution in [1.29, 1.82) is 0 Å². The molecule has 29 heavy (non-hydrogen) atoms. The molecule has 8 heteroatoms. The number of hydrogen-bond acceptors (Lipinski definition) is 5. The number of hydrogen-bond donors (Lipinski definition) is 2. The summed E-state index contributed by atoms with van der Waals surface area (Å²) in [7, 11) is 3.98. The van der Waals surface area contributed by atoms with Gasteiger partial charge in [-0.25, -0.2) is 9.98 Å². The van der Waals surface area contributed by atoms with Gasteiger partial charge in [0.2, 0.25) is 0 Å². The minimum absolute atomic E-state index is 0. The van der Waals surface area contributed by atoms with Crippen LogP contribution in [0, 0.1) is 0 Å². The standard InChI is InChI=1S/C21H31N5O2.HI/c1-26(2)20-10-5-7-17(25-20)15-23-21(22-12-11-18-9-6-14-27-18)24-16-19-8-3-4-13-28-19;/h5-7,9-10,14,19H,3-4,8,11-13,15-16H2,1-2H3,(H2,22,23,24);1H. The van der Waals surface area contributed by atoms with Crippen LogP contribution in [0.15, 0.2) is 46.0 Å². The summed E-state index contributed by atoms with van der Waals surface area (Å²) in [6.45, 7) is 2.88. The van der Waals surface area contributed by atoms with Crippen LogP contribution in [0.4, 0.5) is 5.82 Å². The molecule has 160 valence electrons. The van der Waals surface area contributed by atoms with Crippen molar-refractivity contribution in [3.8, 4) is 0 Å². The van der Waals surface area contributed by atoms with Crippen LogP contribution < -0.4 is 15.5 Å². The lowest BCUT2D eigenvalue weighted by Crippen LogP contribution is -2.43. The van der Waals surface area contributed by atoms with Crippen molar-refractivity contribution in [2.24, 2.45) is 4.99 Å². The van der Waals surface area contributed by atoms with Gasteiger partial charge in [-0.2, -0.15) is 0 Å². The lowest BCUT2D eigenvalue weighted by atomic mass is 10.1. The topological polar surface area (TPSA) is 74.9 Å². The number of guanidine groups is 1. The molecular formula is C21H32IN5O2. The Morgan fingerprint density at radius 2 is 2.10 bits per heavy atom. The number of aromatic nitrogens is 1. The summed E-state index contributed by atoms with van der Waals surface area (Å²) in [5.41, 5.74) is 0.937. The summed E-state index contributed by atoms with van der Waals surface area (Å²) in [4.78, 5) is 11.4. The molecular weight excluding hydrogens is 481 g/mol. The highest BCUT2D eigenvalue weighted by Gasteiger charge is 2.14. The number of rotatable bonds is 8. The smallest absolute Gasteiger partial charge is 0.191 e. The minimum Gasteiger partial charge on any atom is -0.469 e. The average Bonchev–Trinajstić information content (AvgIpc) is 3.24. The number of nitrogens with zero attached hydrogens (tertiary/aromatic N) is 3. The summed E-state index contributed by atoms with van der Waals surface area (Å²) in [6.07, 6.45) is 6.24. The fourth-order valence-electron chi connectivity index (χ4n) is 3.08. The summed E-state index contributed by atoms with van der Waals surface area (Å²) < 4.78 is 11.2. The maximum atomic E-state index is 5.82. The van der Waals surface area contributed by atoms with Crippen molar-refractivity contribution < 1.29 is 9.15 Å². The molecule has 1 atom stereocenters. The van der Waals surface area contributed by atoms with Gasteiger partial charge in [-0.05, 0) is 43.5 Å². The summed E-state index contributed by atoms with van der Waals surface area (Å²) >= 11 is 0. The lowest BCUT2D eigenvalue weighted by Gasteiger charge is -2.23. The minimum atomic E-state index is 0. The van der Waals surface area contributed by atoms with Gasteiger partial charge in [0.1, 0.15) is 11.6 Å². The first-order valence-corrected chi connectivity index (χ1v) is 10.00. The fourth-order valence-corrected chi connectivity index (χ4v) is 3.08. The Hall–Kier alpha value is -1.81. The molecule has 0 spiro atoms. The number of ether oxygens (including phenoxy) is 1. The molecule has 0 aromatic carbocycles. The van der Waals surface area contributed by atoms with Crippen LogP contribution in [-0.4, -0.2) is 50.8 Å². The van der Waals surface area contributed by atoms with Crippen molar-refractivity contribution in [2.45, 2.75) is 38.3 Å². The molecule has 0 radical (unpaired) electrons. The molecule has 1 aliphatic rings. The van der Waals surface area contributed by atoms with Crippen LogP contribution in [0.5, 0.6) is 0 Å². The Labute approximate surface area is 190 Å². The van der Waals surface area contributed by atoms with Gasteiger partial charge in [0, 0.05) is 40.2 Å². The number of furan rings is 1. The Kier molecular flexibility index (Phi) is 10.3. The Balaban J connectivity index is 0.00000300. The van der Waals surface area contributed by atoms with Crippen LogP contribution in [0.1, 0.15) is 30.7 Å². The fraction of sp³-hybridized carbons (Fsp3) is 0.524. The van der Waals surface area contributed by atoms with Crippen LogP contribution in [0.3, 0.4) is 0 Å². The van der Waals surface area contributed by atoms with E-state index >= 15 is 0 Å². The first-order valence-electron chi connectivity index (χ1n) is 10.00. The van der Waals surface area contributed by atoms with E-state index in [0.29, 0.717) is 6.54 Å². The van der Waals surface area contributed by atoms with Crippen molar-refractivity contribution in [3.05, 3.63) is 48.0 Å². The van der Waals surface area contributed by atoms with Crippen molar-refractivity contribution in [1.82, 2.24) is 15.6 Å².